The van der Waals surface area contributed by atoms with Gasteiger partial charge in [-0.1, -0.05) is 12.1 Å². The SMILES string of the molecule is COSC(=O)NS(=O)(=O)c1ccccc1OC. The van der Waals surface area contributed by atoms with E-state index in [0.29, 0.717) is 12.0 Å². The zero-order chi connectivity index (χ0) is 12.9. The Bertz CT molecular complexity index is 500. The molecule has 1 aromatic rings. The maximum Gasteiger partial charge on any atom is 0.319 e. The molecule has 0 aliphatic rings. The monoisotopic (exact) mass is 277 g/mol. The van der Waals surface area contributed by atoms with E-state index in [2.05, 4.69) is 4.18 Å². The fourth-order valence-electron chi connectivity index (χ4n) is 1.10. The summed E-state index contributed by atoms with van der Waals surface area (Å²) in [6.07, 6.45) is 0. The van der Waals surface area contributed by atoms with Gasteiger partial charge in [-0.3, -0.25) is 4.79 Å². The summed E-state index contributed by atoms with van der Waals surface area (Å²) in [5, 5.41) is -0.821. The molecule has 0 fully saturated rings. The number of methoxy groups -OCH3 is 1. The third kappa shape index (κ3) is 3.62. The molecule has 6 nitrogen and oxygen atoms in total. The molecule has 0 heterocycles. The Hall–Kier alpha value is -1.25. The van der Waals surface area contributed by atoms with E-state index in [1.54, 1.807) is 6.07 Å². The van der Waals surface area contributed by atoms with E-state index in [0.717, 1.165) is 0 Å². The molecule has 1 aromatic carbocycles. The largest absolute Gasteiger partial charge is 0.495 e. The van der Waals surface area contributed by atoms with E-state index in [1.807, 2.05) is 4.72 Å². The number of benzene rings is 1. The molecular weight excluding hydrogens is 266 g/mol. The van der Waals surface area contributed by atoms with Crippen LogP contribution in [0.2, 0.25) is 0 Å². The molecule has 0 saturated heterocycles. The molecule has 0 aromatic heterocycles. The van der Waals surface area contributed by atoms with E-state index in [9.17, 15) is 13.2 Å². The van der Waals surface area contributed by atoms with Crippen LogP contribution >= 0.6 is 12.0 Å². The predicted octanol–water partition coefficient (Wildman–Crippen LogP) is 1.39. The molecule has 0 atom stereocenters. The molecule has 0 spiro atoms. The van der Waals surface area contributed by atoms with E-state index in [-0.39, 0.29) is 10.6 Å². The van der Waals surface area contributed by atoms with Crippen molar-refractivity contribution >= 4 is 27.3 Å². The van der Waals surface area contributed by atoms with Gasteiger partial charge in [0.25, 0.3) is 10.0 Å². The molecule has 1 amide bonds. The van der Waals surface area contributed by atoms with Crippen LogP contribution in [0.5, 0.6) is 5.75 Å². The van der Waals surface area contributed by atoms with Crippen molar-refractivity contribution in [3.63, 3.8) is 0 Å². The van der Waals surface area contributed by atoms with Crippen LogP contribution in [-0.2, 0) is 14.2 Å². The van der Waals surface area contributed by atoms with E-state index in [4.69, 9.17) is 4.74 Å². The number of nitrogens with one attached hydrogen (secondary N) is 1. The highest BCUT2D eigenvalue weighted by Crippen LogP contribution is 2.22. The number of para-hydroxylation sites is 1. The van der Waals surface area contributed by atoms with Crippen molar-refractivity contribution in [2.75, 3.05) is 14.2 Å². The maximum atomic E-state index is 11.8. The van der Waals surface area contributed by atoms with E-state index in [1.165, 1.54) is 32.4 Å². The van der Waals surface area contributed by atoms with Crippen LogP contribution in [0.15, 0.2) is 29.2 Å². The van der Waals surface area contributed by atoms with Gasteiger partial charge in [0.1, 0.15) is 10.6 Å². The van der Waals surface area contributed by atoms with Crippen LogP contribution in [0.1, 0.15) is 0 Å². The fourth-order valence-corrected chi connectivity index (χ4v) is 2.72. The molecule has 0 unspecified atom stereocenters. The van der Waals surface area contributed by atoms with Crippen molar-refractivity contribution in [3.05, 3.63) is 24.3 Å². The summed E-state index contributed by atoms with van der Waals surface area (Å²) in [5.41, 5.74) is 0. The van der Waals surface area contributed by atoms with Crippen LogP contribution in [0.3, 0.4) is 0 Å². The van der Waals surface area contributed by atoms with Crippen molar-refractivity contribution < 1.29 is 22.1 Å². The summed E-state index contributed by atoms with van der Waals surface area (Å²) < 4.78 is 34.8. The third-order valence-corrected chi connectivity index (χ3v) is 3.66. The van der Waals surface area contributed by atoms with E-state index < -0.39 is 15.3 Å². The summed E-state index contributed by atoms with van der Waals surface area (Å²) in [7, 11) is -1.34. The lowest BCUT2D eigenvalue weighted by Crippen LogP contribution is -2.27. The zero-order valence-electron chi connectivity index (χ0n) is 9.17. The first kappa shape index (κ1) is 13.8. The number of carbonyl (C=O) groups is 1. The highest BCUT2D eigenvalue weighted by atomic mass is 32.2. The van der Waals surface area contributed by atoms with Gasteiger partial charge in [-0.25, -0.2) is 13.1 Å². The Balaban J connectivity index is 3.01. The number of sulfonamides is 1. The highest BCUT2D eigenvalue weighted by Gasteiger charge is 2.21. The van der Waals surface area contributed by atoms with Gasteiger partial charge < -0.3 is 8.92 Å². The van der Waals surface area contributed by atoms with Crippen LogP contribution in [0.4, 0.5) is 4.79 Å². The van der Waals surface area contributed by atoms with Crippen molar-refractivity contribution in [1.82, 2.24) is 4.72 Å². The number of rotatable bonds is 4. The van der Waals surface area contributed by atoms with Crippen molar-refractivity contribution in [2.45, 2.75) is 4.90 Å². The Kier molecular flexibility index (Phi) is 4.79. The fraction of sp³-hybridized carbons (Fsp3) is 0.222. The van der Waals surface area contributed by atoms with Gasteiger partial charge in [-0.2, -0.15) is 0 Å². The number of hydrogen-bond acceptors (Lipinski definition) is 6. The Morgan fingerprint density at radius 3 is 2.53 bits per heavy atom. The summed E-state index contributed by atoms with van der Waals surface area (Å²) in [5.74, 6) is 0.162. The van der Waals surface area contributed by atoms with Gasteiger partial charge in [-0.05, 0) is 12.1 Å². The lowest BCUT2D eigenvalue weighted by molar-refractivity contribution is 0.263. The third-order valence-electron chi connectivity index (χ3n) is 1.74. The second-order valence-corrected chi connectivity index (χ2v) is 5.32. The van der Waals surface area contributed by atoms with Crippen molar-refractivity contribution in [1.29, 1.82) is 0 Å². The second kappa shape index (κ2) is 5.89. The highest BCUT2D eigenvalue weighted by molar-refractivity contribution is 8.10. The standard InChI is InChI=1S/C9H11NO5S2/c1-14-7-5-3-4-6-8(7)17(12,13)10-9(11)16-15-2/h3-6H,1-2H3,(H,10,11). The molecule has 94 valence electrons. The van der Waals surface area contributed by atoms with Gasteiger partial charge >= 0.3 is 5.24 Å². The van der Waals surface area contributed by atoms with E-state index >= 15 is 0 Å². The topological polar surface area (TPSA) is 81.7 Å². The lowest BCUT2D eigenvalue weighted by atomic mass is 10.3. The van der Waals surface area contributed by atoms with Crippen molar-refractivity contribution in [2.24, 2.45) is 0 Å². The minimum Gasteiger partial charge on any atom is -0.495 e. The minimum atomic E-state index is -3.95. The minimum absolute atomic E-state index is 0.104. The Morgan fingerprint density at radius 1 is 1.29 bits per heavy atom. The maximum absolute atomic E-state index is 11.8. The van der Waals surface area contributed by atoms with Gasteiger partial charge in [0.05, 0.1) is 26.3 Å². The van der Waals surface area contributed by atoms with Crippen LogP contribution < -0.4 is 9.46 Å². The summed E-state index contributed by atoms with van der Waals surface area (Å²) >= 11 is 0.396. The van der Waals surface area contributed by atoms with Gasteiger partial charge in [0.2, 0.25) is 0 Å². The lowest BCUT2D eigenvalue weighted by Gasteiger charge is -2.09. The molecule has 0 saturated carbocycles. The second-order valence-electron chi connectivity index (χ2n) is 2.79. The molecule has 1 rings (SSSR count). The average Bonchev–Trinajstić information content (AvgIpc) is 2.28. The van der Waals surface area contributed by atoms with Crippen LogP contribution in [0.25, 0.3) is 0 Å². The Morgan fingerprint density at radius 2 is 1.94 bits per heavy atom. The van der Waals surface area contributed by atoms with Crippen LogP contribution in [-0.4, -0.2) is 27.9 Å². The smallest absolute Gasteiger partial charge is 0.319 e. The summed E-state index contributed by atoms with van der Waals surface area (Å²) in [4.78, 5) is 11.0. The normalized spacial score (nSPS) is 10.9. The number of ether oxygens (including phenoxy) is 1. The number of amides is 1. The zero-order valence-corrected chi connectivity index (χ0v) is 10.8. The molecular formula is C9H11NO5S2. The molecule has 1 N–H and O–H groups in total. The molecule has 0 aliphatic heterocycles. The number of carbonyl (C=O) groups excluding carboxylic acids is 1. The summed E-state index contributed by atoms with van der Waals surface area (Å²) in [6, 6.07) is 5.99. The van der Waals surface area contributed by atoms with Crippen LogP contribution in [0, 0.1) is 0 Å². The molecule has 17 heavy (non-hydrogen) atoms. The predicted molar refractivity (Wildman–Crippen MR) is 63.3 cm³/mol. The van der Waals surface area contributed by atoms with Gasteiger partial charge in [0, 0.05) is 0 Å². The first-order valence-corrected chi connectivity index (χ1v) is 6.64. The summed E-state index contributed by atoms with van der Waals surface area (Å²) in [6.45, 7) is 0. The molecule has 0 bridgehead atoms. The van der Waals surface area contributed by atoms with Crippen molar-refractivity contribution in [3.8, 4) is 5.75 Å². The molecule has 0 radical (unpaired) electrons. The first-order valence-electron chi connectivity index (χ1n) is 4.41. The van der Waals surface area contributed by atoms with Gasteiger partial charge in [0.15, 0.2) is 0 Å². The Labute approximate surface area is 104 Å². The average molecular weight is 277 g/mol. The quantitative estimate of drug-likeness (QED) is 0.837. The molecule has 8 heteroatoms. The first-order chi connectivity index (χ1) is 8.01. The number of hydrogen-bond donors (Lipinski definition) is 1. The molecule has 0 aliphatic carbocycles. The van der Waals surface area contributed by atoms with Gasteiger partial charge in [-0.15, -0.1) is 0 Å².